The fourth-order valence-corrected chi connectivity index (χ4v) is 6.66. The quantitative estimate of drug-likeness (QED) is 0.482. The minimum absolute atomic E-state index is 0.171. The van der Waals surface area contributed by atoms with Gasteiger partial charge in [0.05, 0.1) is 36.0 Å². The summed E-state index contributed by atoms with van der Waals surface area (Å²) in [5, 5.41) is 15.2. The van der Waals surface area contributed by atoms with Crippen LogP contribution in [0.3, 0.4) is 0 Å². The maximum atomic E-state index is 13.2. The molecule has 5 heterocycles. The Balaban J connectivity index is 1.40. The fourth-order valence-electron chi connectivity index (χ4n) is 4.94. The molecule has 27 heavy (non-hydrogen) atoms. The molecule has 5 nitrogen and oxygen atoms in total. The molecule has 144 valence electrons. The molecule has 2 unspecified atom stereocenters. The second-order valence-electron chi connectivity index (χ2n) is 8.39. The number of thiophene rings is 2. The van der Waals surface area contributed by atoms with E-state index in [-0.39, 0.29) is 6.10 Å². The first-order valence-corrected chi connectivity index (χ1v) is 11.2. The number of quaternary nitrogens is 1. The van der Waals surface area contributed by atoms with E-state index in [1.807, 2.05) is 22.9 Å². The Hall–Kier alpha value is -1.25. The van der Waals surface area contributed by atoms with Gasteiger partial charge in [0.2, 0.25) is 5.60 Å². The van der Waals surface area contributed by atoms with Crippen LogP contribution in [0, 0.1) is 0 Å². The number of carbonyl (C=O) groups is 1. The first kappa shape index (κ1) is 17.8. The third-order valence-corrected chi connectivity index (χ3v) is 8.62. The molecule has 0 aromatic carbocycles. The minimum atomic E-state index is -1.72. The van der Waals surface area contributed by atoms with Crippen molar-refractivity contribution in [1.82, 2.24) is 0 Å². The number of epoxide rings is 1. The molecule has 2 aromatic heterocycles. The third kappa shape index (κ3) is 2.71. The van der Waals surface area contributed by atoms with Gasteiger partial charge in [-0.3, -0.25) is 0 Å². The van der Waals surface area contributed by atoms with Gasteiger partial charge in [-0.1, -0.05) is 12.1 Å². The van der Waals surface area contributed by atoms with E-state index in [1.165, 1.54) is 22.7 Å². The van der Waals surface area contributed by atoms with Crippen molar-refractivity contribution >= 4 is 28.6 Å². The summed E-state index contributed by atoms with van der Waals surface area (Å²) in [5.41, 5.74) is -1.72. The number of hydrogen-bond acceptors (Lipinski definition) is 6. The van der Waals surface area contributed by atoms with Crippen molar-refractivity contribution < 1.29 is 23.9 Å². The smallest absolute Gasteiger partial charge is 0.349 e. The maximum Gasteiger partial charge on any atom is 0.349 e. The summed E-state index contributed by atoms with van der Waals surface area (Å²) < 4.78 is 12.8. The third-order valence-electron chi connectivity index (χ3n) is 6.67. The number of aliphatic hydroxyl groups is 1. The highest BCUT2D eigenvalue weighted by atomic mass is 32.1. The number of ether oxygens (including phenoxy) is 2. The van der Waals surface area contributed by atoms with Crippen molar-refractivity contribution in [3.63, 3.8) is 0 Å². The lowest BCUT2D eigenvalue weighted by Crippen LogP contribution is -2.66. The fraction of sp³-hybridized carbons (Fsp3) is 0.550. The zero-order valence-electron chi connectivity index (χ0n) is 15.4. The normalized spacial score (nSPS) is 34.0. The standard InChI is InChI=1S/C20H24NO4S2/c1-21(2)12-9-13(11-14(21)18-15(10-12)25-18)24-19(22)20(23,16-5-3-7-26-16)17-6-4-8-27-17/h3-8,12-15,18,23H,9-11H2,1-2H3/q+1/t12?,13-,14?,15-,18-/m0/s1. The van der Waals surface area contributed by atoms with Crippen LogP contribution >= 0.6 is 22.7 Å². The Morgan fingerprint density at radius 3 is 2.44 bits per heavy atom. The molecule has 7 heteroatoms. The van der Waals surface area contributed by atoms with E-state index in [1.54, 1.807) is 12.1 Å². The van der Waals surface area contributed by atoms with Gasteiger partial charge in [0.1, 0.15) is 18.2 Å². The summed E-state index contributed by atoms with van der Waals surface area (Å²) in [4.78, 5) is 14.4. The van der Waals surface area contributed by atoms with E-state index in [0.29, 0.717) is 34.0 Å². The van der Waals surface area contributed by atoms with Gasteiger partial charge in [-0.25, -0.2) is 4.79 Å². The van der Waals surface area contributed by atoms with Crippen molar-refractivity contribution in [2.24, 2.45) is 0 Å². The van der Waals surface area contributed by atoms with Gasteiger partial charge in [-0.2, -0.15) is 0 Å². The monoisotopic (exact) mass is 406 g/mol. The largest absolute Gasteiger partial charge is 0.459 e. The van der Waals surface area contributed by atoms with E-state index in [2.05, 4.69) is 14.1 Å². The molecular weight excluding hydrogens is 382 g/mol. The Morgan fingerprint density at radius 1 is 1.19 bits per heavy atom. The Kier molecular flexibility index (Phi) is 4.04. The minimum Gasteiger partial charge on any atom is -0.459 e. The van der Waals surface area contributed by atoms with Crippen LogP contribution in [0.4, 0.5) is 0 Å². The molecule has 0 spiro atoms. The Labute approximate surface area is 166 Å². The van der Waals surface area contributed by atoms with E-state index >= 15 is 0 Å². The molecule has 0 aliphatic carbocycles. The predicted octanol–water partition coefficient (Wildman–Crippen LogP) is 2.74. The molecule has 3 saturated heterocycles. The number of esters is 1. The molecule has 5 rings (SSSR count). The van der Waals surface area contributed by atoms with Gasteiger partial charge in [-0.15, -0.1) is 22.7 Å². The molecule has 0 radical (unpaired) electrons. The van der Waals surface area contributed by atoms with Crippen molar-refractivity contribution in [1.29, 1.82) is 0 Å². The molecule has 3 aliphatic heterocycles. The molecule has 3 aliphatic rings. The number of rotatable bonds is 4. The molecule has 2 bridgehead atoms. The number of likely N-dealkylation sites (N-methyl/N-ethyl adjacent to an activating group) is 1. The Morgan fingerprint density at radius 2 is 1.85 bits per heavy atom. The number of piperidine rings is 2. The number of hydrogen-bond donors (Lipinski definition) is 1. The van der Waals surface area contributed by atoms with Crippen LogP contribution in [-0.2, 0) is 19.9 Å². The number of nitrogens with zero attached hydrogens (tertiary/aromatic N) is 1. The number of fused-ring (bicyclic) bond motifs is 4. The highest BCUT2D eigenvalue weighted by molar-refractivity contribution is 7.12. The number of carbonyl (C=O) groups excluding carboxylic acids is 1. The van der Waals surface area contributed by atoms with Crippen LogP contribution < -0.4 is 0 Å². The van der Waals surface area contributed by atoms with Gasteiger partial charge in [0, 0.05) is 19.3 Å². The first-order chi connectivity index (χ1) is 12.9. The van der Waals surface area contributed by atoms with Crippen molar-refractivity contribution in [3.8, 4) is 0 Å². The van der Waals surface area contributed by atoms with Gasteiger partial charge < -0.3 is 19.1 Å². The van der Waals surface area contributed by atoms with Crippen LogP contribution in [-0.4, -0.2) is 60.0 Å². The van der Waals surface area contributed by atoms with Crippen LogP contribution in [0.5, 0.6) is 0 Å². The molecule has 5 atom stereocenters. The highest BCUT2D eigenvalue weighted by Gasteiger charge is 2.63. The molecular formula is C20H24NO4S2+. The second-order valence-corrected chi connectivity index (χ2v) is 10.3. The SMILES string of the molecule is C[N+]1(C)C2C[C@H](OC(=O)C(O)(c3cccs3)c3cccs3)CC1[C@@H]1O[C@H]1C2. The van der Waals surface area contributed by atoms with Crippen LogP contribution in [0.15, 0.2) is 35.0 Å². The summed E-state index contributed by atoms with van der Waals surface area (Å²) in [5.74, 6) is -0.559. The zero-order valence-corrected chi connectivity index (χ0v) is 17.0. The topological polar surface area (TPSA) is 59.1 Å². The summed E-state index contributed by atoms with van der Waals surface area (Å²) in [6.07, 6.45) is 3.18. The lowest BCUT2D eigenvalue weighted by Gasteiger charge is -2.51. The average Bonchev–Trinajstić information content (AvgIpc) is 3.08. The van der Waals surface area contributed by atoms with E-state index < -0.39 is 11.6 Å². The second kappa shape index (κ2) is 6.12. The Bertz CT molecular complexity index is 798. The van der Waals surface area contributed by atoms with E-state index in [4.69, 9.17) is 9.47 Å². The maximum absolute atomic E-state index is 13.2. The highest BCUT2D eigenvalue weighted by Crippen LogP contribution is 2.48. The molecule has 1 N–H and O–H groups in total. The van der Waals surface area contributed by atoms with E-state index in [9.17, 15) is 9.90 Å². The van der Waals surface area contributed by atoms with Crippen LogP contribution in [0.2, 0.25) is 0 Å². The first-order valence-electron chi connectivity index (χ1n) is 9.41. The zero-order chi connectivity index (χ0) is 18.8. The molecule has 3 fully saturated rings. The lowest BCUT2D eigenvalue weighted by molar-refractivity contribution is -0.948. The van der Waals surface area contributed by atoms with Gasteiger partial charge in [0.15, 0.2) is 0 Å². The lowest BCUT2D eigenvalue weighted by atomic mass is 9.81. The van der Waals surface area contributed by atoms with Crippen LogP contribution in [0.25, 0.3) is 0 Å². The summed E-state index contributed by atoms with van der Waals surface area (Å²) >= 11 is 2.75. The summed E-state index contributed by atoms with van der Waals surface area (Å²) in [7, 11) is 4.53. The van der Waals surface area contributed by atoms with Crippen molar-refractivity contribution in [2.45, 2.75) is 55.3 Å². The van der Waals surface area contributed by atoms with Crippen molar-refractivity contribution in [2.75, 3.05) is 14.1 Å². The molecule has 0 amide bonds. The summed E-state index contributed by atoms with van der Waals surface area (Å²) in [6.45, 7) is 0. The predicted molar refractivity (Wildman–Crippen MR) is 104 cm³/mol. The molecule has 0 saturated carbocycles. The molecule has 2 aromatic rings. The van der Waals surface area contributed by atoms with Crippen LogP contribution in [0.1, 0.15) is 29.0 Å². The summed E-state index contributed by atoms with van der Waals surface area (Å²) in [6, 6.07) is 8.08. The van der Waals surface area contributed by atoms with E-state index in [0.717, 1.165) is 23.7 Å². The average molecular weight is 407 g/mol. The van der Waals surface area contributed by atoms with Gasteiger partial charge >= 0.3 is 5.97 Å². The van der Waals surface area contributed by atoms with Crippen molar-refractivity contribution in [3.05, 3.63) is 44.8 Å². The van der Waals surface area contributed by atoms with Gasteiger partial charge in [-0.05, 0) is 22.9 Å². The van der Waals surface area contributed by atoms with Gasteiger partial charge in [0.25, 0.3) is 0 Å².